The van der Waals surface area contributed by atoms with E-state index in [2.05, 4.69) is 5.32 Å². The Morgan fingerprint density at radius 1 is 1.03 bits per heavy atom. The summed E-state index contributed by atoms with van der Waals surface area (Å²) in [4.78, 5) is 27.0. The minimum atomic E-state index is -0.361. The molecular formula is C22H22N2O6S2. The highest BCUT2D eigenvalue weighted by Gasteiger charge is 2.33. The molecule has 0 radical (unpaired) electrons. The van der Waals surface area contributed by atoms with Crippen LogP contribution in [0.4, 0.5) is 5.69 Å². The summed E-state index contributed by atoms with van der Waals surface area (Å²) in [5.41, 5.74) is 1.26. The second-order valence-electron chi connectivity index (χ2n) is 6.50. The first-order valence-corrected chi connectivity index (χ1v) is 10.6. The molecular weight excluding hydrogens is 452 g/mol. The molecule has 32 heavy (non-hydrogen) atoms. The van der Waals surface area contributed by atoms with Crippen molar-refractivity contribution in [3.8, 4) is 23.0 Å². The fourth-order valence-corrected chi connectivity index (χ4v) is 4.25. The Balaban J connectivity index is 1.75. The van der Waals surface area contributed by atoms with E-state index >= 15 is 0 Å². The summed E-state index contributed by atoms with van der Waals surface area (Å²) in [7, 11) is 6.11. The highest BCUT2D eigenvalue weighted by Crippen LogP contribution is 2.40. The van der Waals surface area contributed by atoms with Crippen molar-refractivity contribution in [3.05, 3.63) is 46.9 Å². The minimum Gasteiger partial charge on any atom is -0.497 e. The van der Waals surface area contributed by atoms with E-state index in [0.29, 0.717) is 43.5 Å². The zero-order valence-corrected chi connectivity index (χ0v) is 19.6. The molecule has 2 amide bonds. The number of hydrogen-bond donors (Lipinski definition) is 1. The summed E-state index contributed by atoms with van der Waals surface area (Å²) in [6.45, 7) is -0.191. The number of carbonyl (C=O) groups excluding carboxylic acids is 2. The van der Waals surface area contributed by atoms with Crippen LogP contribution in [0.1, 0.15) is 5.56 Å². The minimum absolute atomic E-state index is 0.191. The molecule has 1 aliphatic heterocycles. The molecule has 168 valence electrons. The standard InChI is InChI=1S/C22H22N2O6S2/c1-27-15-7-5-14(6-8-15)23-19(25)12-24-21(26)18(32-22(24)31)11-13-9-16(28-2)20(30-4)17(10-13)29-3/h5-11H,12H2,1-4H3,(H,23,25)/b18-11-. The maximum atomic E-state index is 12.9. The van der Waals surface area contributed by atoms with Crippen LogP contribution in [0.3, 0.4) is 0 Å². The van der Waals surface area contributed by atoms with Gasteiger partial charge in [-0.1, -0.05) is 24.0 Å². The number of nitrogens with one attached hydrogen (secondary N) is 1. The Morgan fingerprint density at radius 2 is 1.66 bits per heavy atom. The van der Waals surface area contributed by atoms with E-state index < -0.39 is 0 Å². The largest absolute Gasteiger partial charge is 0.497 e. The number of rotatable bonds is 8. The predicted octanol–water partition coefficient (Wildman–Crippen LogP) is 3.56. The number of methoxy groups -OCH3 is 4. The van der Waals surface area contributed by atoms with Crippen molar-refractivity contribution in [2.24, 2.45) is 0 Å². The van der Waals surface area contributed by atoms with Crippen LogP contribution in [-0.4, -0.2) is 56.0 Å². The van der Waals surface area contributed by atoms with Gasteiger partial charge in [-0.05, 0) is 48.0 Å². The first-order chi connectivity index (χ1) is 15.4. The molecule has 2 aromatic rings. The highest BCUT2D eigenvalue weighted by atomic mass is 32.2. The molecule has 1 heterocycles. The number of hydrogen-bond acceptors (Lipinski definition) is 8. The van der Waals surface area contributed by atoms with E-state index in [-0.39, 0.29) is 18.4 Å². The molecule has 1 N–H and O–H groups in total. The SMILES string of the molecule is COc1ccc(NC(=O)CN2C(=O)/C(=C/c3cc(OC)c(OC)c(OC)c3)SC2=S)cc1. The average Bonchev–Trinajstić information content (AvgIpc) is 3.05. The number of benzene rings is 2. The lowest BCUT2D eigenvalue weighted by molar-refractivity contribution is -0.126. The number of thiocarbonyl (C=S) groups is 1. The van der Waals surface area contributed by atoms with E-state index in [1.807, 2.05) is 0 Å². The Labute approximate surface area is 195 Å². The van der Waals surface area contributed by atoms with Gasteiger partial charge in [0.25, 0.3) is 5.91 Å². The van der Waals surface area contributed by atoms with Gasteiger partial charge >= 0.3 is 0 Å². The summed E-state index contributed by atoms with van der Waals surface area (Å²) in [5, 5.41) is 2.74. The molecule has 0 aliphatic carbocycles. The second-order valence-corrected chi connectivity index (χ2v) is 8.18. The van der Waals surface area contributed by atoms with Crippen molar-refractivity contribution in [1.82, 2.24) is 4.90 Å². The summed E-state index contributed by atoms with van der Waals surface area (Å²) in [6, 6.07) is 10.3. The van der Waals surface area contributed by atoms with Crippen molar-refractivity contribution in [1.29, 1.82) is 0 Å². The third-order valence-electron chi connectivity index (χ3n) is 4.53. The van der Waals surface area contributed by atoms with Crippen molar-refractivity contribution in [2.45, 2.75) is 0 Å². The maximum absolute atomic E-state index is 12.9. The third kappa shape index (κ3) is 5.14. The van der Waals surface area contributed by atoms with Crippen LogP contribution >= 0.6 is 24.0 Å². The maximum Gasteiger partial charge on any atom is 0.266 e. The molecule has 3 rings (SSSR count). The summed E-state index contributed by atoms with van der Waals surface area (Å²) in [5.74, 6) is 1.35. The van der Waals surface area contributed by atoms with Gasteiger partial charge in [-0.15, -0.1) is 0 Å². The van der Waals surface area contributed by atoms with Gasteiger partial charge in [0.15, 0.2) is 11.5 Å². The van der Waals surface area contributed by atoms with E-state index in [1.165, 1.54) is 26.2 Å². The monoisotopic (exact) mass is 474 g/mol. The van der Waals surface area contributed by atoms with Gasteiger partial charge < -0.3 is 24.3 Å². The Morgan fingerprint density at radius 3 is 2.19 bits per heavy atom. The van der Waals surface area contributed by atoms with Gasteiger partial charge in [0.1, 0.15) is 16.6 Å². The van der Waals surface area contributed by atoms with Crippen LogP contribution < -0.4 is 24.3 Å². The molecule has 0 spiro atoms. The Bertz CT molecular complexity index is 1040. The van der Waals surface area contributed by atoms with Crippen molar-refractivity contribution < 1.29 is 28.5 Å². The van der Waals surface area contributed by atoms with Crippen LogP contribution in [0.2, 0.25) is 0 Å². The zero-order chi connectivity index (χ0) is 23.3. The number of carbonyl (C=O) groups is 2. The van der Waals surface area contributed by atoms with Crippen molar-refractivity contribution in [3.63, 3.8) is 0 Å². The molecule has 0 aromatic heterocycles. The molecule has 1 saturated heterocycles. The molecule has 1 fully saturated rings. The first kappa shape index (κ1) is 23.4. The summed E-state index contributed by atoms with van der Waals surface area (Å²) >= 11 is 6.45. The lowest BCUT2D eigenvalue weighted by atomic mass is 10.1. The van der Waals surface area contributed by atoms with E-state index in [4.69, 9.17) is 31.2 Å². The van der Waals surface area contributed by atoms with E-state index in [9.17, 15) is 9.59 Å². The Kier molecular flexibility index (Phi) is 7.60. The van der Waals surface area contributed by atoms with Gasteiger partial charge in [-0.3, -0.25) is 14.5 Å². The number of thioether (sulfide) groups is 1. The molecule has 1 aliphatic rings. The van der Waals surface area contributed by atoms with Gasteiger partial charge in [0, 0.05) is 5.69 Å². The molecule has 8 nitrogen and oxygen atoms in total. The number of anilines is 1. The van der Waals surface area contributed by atoms with Crippen LogP contribution in [-0.2, 0) is 9.59 Å². The fraction of sp³-hybridized carbons (Fsp3) is 0.227. The molecule has 0 bridgehead atoms. The van der Waals surface area contributed by atoms with E-state index in [0.717, 1.165) is 11.8 Å². The lowest BCUT2D eigenvalue weighted by Gasteiger charge is -2.14. The van der Waals surface area contributed by atoms with Crippen molar-refractivity contribution in [2.75, 3.05) is 40.3 Å². The van der Waals surface area contributed by atoms with Crippen LogP contribution in [0, 0.1) is 0 Å². The van der Waals surface area contributed by atoms with Gasteiger partial charge in [0.2, 0.25) is 11.7 Å². The van der Waals surface area contributed by atoms with Crippen LogP contribution in [0.5, 0.6) is 23.0 Å². The lowest BCUT2D eigenvalue weighted by Crippen LogP contribution is -2.36. The highest BCUT2D eigenvalue weighted by molar-refractivity contribution is 8.26. The predicted molar refractivity (Wildman–Crippen MR) is 128 cm³/mol. The fourth-order valence-electron chi connectivity index (χ4n) is 2.99. The third-order valence-corrected chi connectivity index (χ3v) is 5.91. The van der Waals surface area contributed by atoms with Gasteiger partial charge in [0.05, 0.1) is 33.3 Å². The second kappa shape index (κ2) is 10.4. The molecule has 0 saturated carbocycles. The molecule has 2 aromatic carbocycles. The van der Waals surface area contributed by atoms with Gasteiger partial charge in [-0.2, -0.15) is 0 Å². The normalized spacial score (nSPS) is 14.5. The number of amides is 2. The van der Waals surface area contributed by atoms with E-state index in [1.54, 1.807) is 49.6 Å². The molecule has 10 heteroatoms. The smallest absolute Gasteiger partial charge is 0.266 e. The Hall–Kier alpha value is -3.24. The quantitative estimate of drug-likeness (QED) is 0.459. The molecule has 0 atom stereocenters. The summed E-state index contributed by atoms with van der Waals surface area (Å²) < 4.78 is 21.4. The van der Waals surface area contributed by atoms with Gasteiger partial charge in [-0.25, -0.2) is 0 Å². The van der Waals surface area contributed by atoms with Crippen LogP contribution in [0.25, 0.3) is 6.08 Å². The summed E-state index contributed by atoms with van der Waals surface area (Å²) in [6.07, 6.45) is 1.67. The first-order valence-electron chi connectivity index (χ1n) is 9.39. The zero-order valence-electron chi connectivity index (χ0n) is 18.0. The van der Waals surface area contributed by atoms with Crippen molar-refractivity contribution >= 4 is 51.9 Å². The van der Waals surface area contributed by atoms with Crippen LogP contribution in [0.15, 0.2) is 41.3 Å². The number of nitrogens with zero attached hydrogens (tertiary/aromatic N) is 1. The topological polar surface area (TPSA) is 86.3 Å². The number of ether oxygens (including phenoxy) is 4. The molecule has 0 unspecified atom stereocenters. The average molecular weight is 475 g/mol.